The quantitative estimate of drug-likeness (QED) is 0.615. The van der Waals surface area contributed by atoms with Gasteiger partial charge in [0, 0.05) is 0 Å². The van der Waals surface area contributed by atoms with Crippen LogP contribution in [0, 0.1) is 0 Å². The highest BCUT2D eigenvalue weighted by Crippen LogP contribution is 2.64. The summed E-state index contributed by atoms with van der Waals surface area (Å²) in [6, 6.07) is 20.4. The van der Waals surface area contributed by atoms with Crippen LogP contribution in [0.2, 0.25) is 17.1 Å². The molecule has 2 aliphatic carbocycles. The van der Waals surface area contributed by atoms with Gasteiger partial charge in [-0.05, 0) is 58.9 Å². The molecule has 1 aliphatic heterocycles. The lowest BCUT2D eigenvalue weighted by molar-refractivity contribution is 0.661. The van der Waals surface area contributed by atoms with Gasteiger partial charge >= 0.3 is 0 Å². The summed E-state index contributed by atoms with van der Waals surface area (Å²) >= 11 is 0. The van der Waals surface area contributed by atoms with Crippen LogP contribution in [0.25, 0.3) is 0 Å². The van der Waals surface area contributed by atoms with Crippen molar-refractivity contribution in [3.63, 3.8) is 0 Å². The van der Waals surface area contributed by atoms with E-state index in [1.54, 1.807) is 16.7 Å². The lowest BCUT2D eigenvalue weighted by Crippen LogP contribution is -2.58. The Hall–Kier alpha value is -1.34. The van der Waals surface area contributed by atoms with E-state index in [-0.39, 0.29) is 0 Å². The van der Waals surface area contributed by atoms with Crippen molar-refractivity contribution in [3.05, 3.63) is 65.2 Å². The van der Waals surface area contributed by atoms with Crippen molar-refractivity contribution in [1.29, 1.82) is 0 Å². The summed E-state index contributed by atoms with van der Waals surface area (Å²) in [7, 11) is -1.47. The van der Waals surface area contributed by atoms with E-state index in [1.165, 1.54) is 31.7 Å². The molecule has 0 radical (unpaired) electrons. The number of hydrogen-bond acceptors (Lipinski definition) is 0. The van der Waals surface area contributed by atoms with Gasteiger partial charge in [0.25, 0.3) is 0 Å². The van der Waals surface area contributed by atoms with Crippen LogP contribution in [0.1, 0.15) is 61.6 Å². The molecule has 1 saturated carbocycles. The molecule has 24 heavy (non-hydrogen) atoms. The third-order valence-electron chi connectivity index (χ3n) is 7.65. The number of rotatable bonds is 2. The van der Waals surface area contributed by atoms with Gasteiger partial charge in [-0.2, -0.15) is 0 Å². The molecule has 0 N–H and O–H groups in total. The van der Waals surface area contributed by atoms with Crippen molar-refractivity contribution in [2.75, 3.05) is 0 Å². The summed E-state index contributed by atoms with van der Waals surface area (Å²) in [6.45, 7) is 5.10. The van der Waals surface area contributed by atoms with Crippen molar-refractivity contribution in [1.82, 2.24) is 0 Å². The molecule has 5 rings (SSSR count). The number of benzene rings is 2. The fourth-order valence-corrected chi connectivity index (χ4v) is 13.5. The highest BCUT2D eigenvalue weighted by Gasteiger charge is 2.56. The lowest BCUT2D eigenvalue weighted by Gasteiger charge is -2.48. The van der Waals surface area contributed by atoms with Crippen LogP contribution < -0.4 is 5.19 Å². The summed E-state index contributed by atoms with van der Waals surface area (Å²) < 4.78 is 0. The molecule has 1 heterocycles. The molecule has 0 nitrogen and oxygen atoms in total. The monoisotopic (exact) mass is 332 g/mol. The summed E-state index contributed by atoms with van der Waals surface area (Å²) in [5.74, 6) is 1.71. The fourth-order valence-electron chi connectivity index (χ4n) is 6.74. The Bertz CT molecular complexity index is 777. The van der Waals surface area contributed by atoms with Crippen LogP contribution >= 0.6 is 0 Å². The molecule has 0 unspecified atom stereocenters. The molecule has 2 aromatic carbocycles. The van der Waals surface area contributed by atoms with Crippen LogP contribution in [0.4, 0.5) is 0 Å². The topological polar surface area (TPSA) is 0 Å². The van der Waals surface area contributed by atoms with Gasteiger partial charge in [0.05, 0.1) is 8.07 Å². The van der Waals surface area contributed by atoms with E-state index in [2.05, 4.69) is 62.4 Å². The molecule has 2 bridgehead atoms. The number of fused-ring (bicyclic) bond motifs is 6. The van der Waals surface area contributed by atoms with Crippen LogP contribution in [-0.2, 0) is 6.42 Å². The molecule has 0 amide bonds. The van der Waals surface area contributed by atoms with Crippen molar-refractivity contribution in [3.8, 4) is 0 Å². The molecular formula is C23H28Si. The zero-order valence-corrected chi connectivity index (χ0v) is 16.0. The summed E-state index contributed by atoms with van der Waals surface area (Å²) in [4.78, 5) is 0. The predicted molar refractivity (Wildman–Crippen MR) is 105 cm³/mol. The van der Waals surface area contributed by atoms with E-state index in [4.69, 9.17) is 0 Å². The first-order valence-corrected chi connectivity index (χ1v) is 12.2. The fraction of sp³-hybridized carbons (Fsp3) is 0.478. The van der Waals surface area contributed by atoms with E-state index >= 15 is 0 Å². The van der Waals surface area contributed by atoms with Crippen molar-refractivity contribution >= 4 is 13.3 Å². The van der Waals surface area contributed by atoms with Gasteiger partial charge in [0.2, 0.25) is 0 Å². The van der Waals surface area contributed by atoms with E-state index < -0.39 is 8.07 Å². The Morgan fingerprint density at radius 1 is 0.917 bits per heavy atom. The minimum absolute atomic E-state index is 0.853. The summed E-state index contributed by atoms with van der Waals surface area (Å²) in [5.41, 5.74) is 6.93. The first-order chi connectivity index (χ1) is 11.7. The van der Waals surface area contributed by atoms with E-state index in [0.717, 1.165) is 22.9 Å². The Morgan fingerprint density at radius 3 is 2.50 bits per heavy atom. The largest absolute Gasteiger partial charge is 0.0932 e. The maximum Gasteiger partial charge on any atom is 0.0932 e. The van der Waals surface area contributed by atoms with Crippen LogP contribution in [0.15, 0.2) is 48.5 Å². The van der Waals surface area contributed by atoms with E-state index in [1.807, 2.05) is 5.19 Å². The van der Waals surface area contributed by atoms with E-state index in [9.17, 15) is 0 Å². The highest BCUT2D eigenvalue weighted by atomic mass is 28.3. The minimum Gasteiger partial charge on any atom is -0.0648 e. The van der Waals surface area contributed by atoms with Gasteiger partial charge in [0.1, 0.15) is 0 Å². The van der Waals surface area contributed by atoms with Crippen LogP contribution in [0.5, 0.6) is 0 Å². The molecule has 2 aromatic rings. The Morgan fingerprint density at radius 2 is 1.67 bits per heavy atom. The molecule has 0 spiro atoms. The molecule has 0 aromatic heterocycles. The normalized spacial score (nSPS) is 33.5. The van der Waals surface area contributed by atoms with Gasteiger partial charge in [-0.1, -0.05) is 80.0 Å². The molecule has 4 atom stereocenters. The number of hydrogen-bond donors (Lipinski definition) is 0. The molecule has 3 aliphatic rings. The van der Waals surface area contributed by atoms with Gasteiger partial charge in [0.15, 0.2) is 0 Å². The van der Waals surface area contributed by atoms with Gasteiger partial charge in [-0.3, -0.25) is 0 Å². The first-order valence-electron chi connectivity index (χ1n) is 9.89. The summed E-state index contributed by atoms with van der Waals surface area (Å²) in [6.07, 6.45) is 5.65. The summed E-state index contributed by atoms with van der Waals surface area (Å²) in [5, 5.41) is 1.83. The van der Waals surface area contributed by atoms with Gasteiger partial charge in [-0.25, -0.2) is 0 Å². The second-order valence-electron chi connectivity index (χ2n) is 8.72. The maximum absolute atomic E-state index is 2.55. The van der Waals surface area contributed by atoms with Crippen molar-refractivity contribution in [2.45, 2.75) is 68.5 Å². The predicted octanol–water partition coefficient (Wildman–Crippen LogP) is 5.74. The van der Waals surface area contributed by atoms with Crippen LogP contribution in [-0.4, -0.2) is 8.07 Å². The minimum atomic E-state index is -1.47. The van der Waals surface area contributed by atoms with E-state index in [0.29, 0.717) is 0 Å². The Labute approximate surface area is 147 Å². The second kappa shape index (κ2) is 5.33. The average Bonchev–Trinajstić information content (AvgIpc) is 3.21. The van der Waals surface area contributed by atoms with Gasteiger partial charge < -0.3 is 0 Å². The van der Waals surface area contributed by atoms with Crippen molar-refractivity contribution in [2.24, 2.45) is 0 Å². The highest BCUT2D eigenvalue weighted by molar-refractivity contribution is 6.94. The Balaban J connectivity index is 1.65. The molecule has 124 valence electrons. The third-order valence-corrected chi connectivity index (χ3v) is 14.3. The molecule has 1 fully saturated rings. The zero-order chi connectivity index (χ0) is 16.3. The third kappa shape index (κ3) is 1.85. The van der Waals surface area contributed by atoms with Crippen LogP contribution in [0.3, 0.4) is 0 Å². The zero-order valence-electron chi connectivity index (χ0n) is 15.0. The average molecular weight is 333 g/mol. The van der Waals surface area contributed by atoms with Crippen molar-refractivity contribution < 1.29 is 0 Å². The lowest BCUT2D eigenvalue weighted by atomic mass is 9.91. The molecule has 1 heteroatoms. The smallest absolute Gasteiger partial charge is 0.0648 e. The number of aryl methyl sites for hydroxylation is 1. The maximum atomic E-state index is 2.55. The van der Waals surface area contributed by atoms with Gasteiger partial charge in [-0.15, -0.1) is 0 Å². The standard InChI is InChI=1S/C23H28Si/c1-16(2)24(13-7-9-17-8-3-6-12-22(17)24)23-15-18-14-21(23)20-11-5-4-10-19(18)20/h3-6,8,10-12,16,18,21,23H,7,9,13-15H2,1-2H3/t18-,21-,23+,24+/m0/s1. The first kappa shape index (κ1) is 15.0. The molecule has 0 saturated heterocycles. The Kier molecular flexibility index (Phi) is 3.32. The SMILES string of the molecule is CC(C)[Si@]1([C@@H]2C[C@@H]3C[C@H]2c2ccccc23)CCCc2ccccc21. The second-order valence-corrected chi connectivity index (χ2v) is 13.7. The molecular weight excluding hydrogens is 304 g/mol.